The fourth-order valence-electron chi connectivity index (χ4n) is 1.87. The van der Waals surface area contributed by atoms with E-state index in [1.165, 1.54) is 18.2 Å². The van der Waals surface area contributed by atoms with Crippen molar-refractivity contribution in [1.29, 1.82) is 0 Å². The zero-order valence-electron chi connectivity index (χ0n) is 9.93. The van der Waals surface area contributed by atoms with Crippen LogP contribution in [0.15, 0.2) is 34.8 Å². The lowest BCUT2D eigenvalue weighted by Gasteiger charge is -2.20. The molecule has 2 aromatic carbocycles. The molecular formula is C13H9BrCl2F2N2. The van der Waals surface area contributed by atoms with Crippen LogP contribution in [0, 0.1) is 11.6 Å². The zero-order valence-corrected chi connectivity index (χ0v) is 13.0. The summed E-state index contributed by atoms with van der Waals surface area (Å²) in [5.41, 5.74) is 2.52. The Balaban J connectivity index is 2.64. The molecule has 0 aliphatic carbocycles. The van der Waals surface area contributed by atoms with Crippen LogP contribution in [-0.4, -0.2) is 0 Å². The van der Waals surface area contributed by atoms with Gasteiger partial charge in [-0.1, -0.05) is 23.2 Å². The standard InChI is InChI=1S/C13H9BrCl2F2N2/c14-8-2-4-10(17)11(12(8)18)13(20-19)7-5-6(15)1-3-9(7)16/h1-5,13,20H,19H2. The molecule has 2 rings (SSSR count). The highest BCUT2D eigenvalue weighted by molar-refractivity contribution is 9.10. The average molecular weight is 382 g/mol. The quantitative estimate of drug-likeness (QED) is 0.463. The van der Waals surface area contributed by atoms with Crippen LogP contribution < -0.4 is 11.3 Å². The van der Waals surface area contributed by atoms with Crippen molar-refractivity contribution in [1.82, 2.24) is 5.43 Å². The van der Waals surface area contributed by atoms with E-state index < -0.39 is 17.7 Å². The highest BCUT2D eigenvalue weighted by atomic mass is 79.9. The summed E-state index contributed by atoms with van der Waals surface area (Å²) in [7, 11) is 0. The fraction of sp³-hybridized carbons (Fsp3) is 0.0769. The molecule has 2 aromatic rings. The van der Waals surface area contributed by atoms with Gasteiger partial charge in [0.2, 0.25) is 0 Å². The summed E-state index contributed by atoms with van der Waals surface area (Å²) in [6.07, 6.45) is 0. The Morgan fingerprint density at radius 3 is 2.50 bits per heavy atom. The Morgan fingerprint density at radius 1 is 1.15 bits per heavy atom. The Kier molecular flexibility index (Phi) is 4.99. The van der Waals surface area contributed by atoms with Crippen LogP contribution >= 0.6 is 39.1 Å². The van der Waals surface area contributed by atoms with E-state index in [4.69, 9.17) is 29.0 Å². The minimum atomic E-state index is -0.960. The highest BCUT2D eigenvalue weighted by Crippen LogP contribution is 2.34. The molecule has 0 aliphatic rings. The van der Waals surface area contributed by atoms with Gasteiger partial charge in [-0.2, -0.15) is 0 Å². The maximum Gasteiger partial charge on any atom is 0.145 e. The summed E-state index contributed by atoms with van der Waals surface area (Å²) in [5.74, 6) is 3.97. The van der Waals surface area contributed by atoms with Crippen LogP contribution in [0.5, 0.6) is 0 Å². The van der Waals surface area contributed by atoms with Crippen LogP contribution in [0.1, 0.15) is 17.2 Å². The topological polar surface area (TPSA) is 38.0 Å². The molecular weight excluding hydrogens is 373 g/mol. The Labute approximate surface area is 133 Å². The predicted molar refractivity (Wildman–Crippen MR) is 79.7 cm³/mol. The molecule has 7 heteroatoms. The van der Waals surface area contributed by atoms with Gasteiger partial charge in [0.05, 0.1) is 10.5 Å². The fourth-order valence-corrected chi connectivity index (χ4v) is 2.62. The van der Waals surface area contributed by atoms with Crippen LogP contribution in [0.3, 0.4) is 0 Å². The van der Waals surface area contributed by atoms with Gasteiger partial charge in [0.15, 0.2) is 0 Å². The Bertz CT molecular complexity index is 653. The number of rotatable bonds is 3. The summed E-state index contributed by atoms with van der Waals surface area (Å²) >= 11 is 15.0. The van der Waals surface area contributed by atoms with E-state index in [9.17, 15) is 8.78 Å². The molecule has 0 heterocycles. The van der Waals surface area contributed by atoms with Crippen molar-refractivity contribution >= 4 is 39.1 Å². The molecule has 0 radical (unpaired) electrons. The van der Waals surface area contributed by atoms with E-state index >= 15 is 0 Å². The van der Waals surface area contributed by atoms with Gasteiger partial charge in [0.1, 0.15) is 11.6 Å². The van der Waals surface area contributed by atoms with Gasteiger partial charge in [0.25, 0.3) is 0 Å². The number of hydrogen-bond acceptors (Lipinski definition) is 2. The SMILES string of the molecule is NNC(c1cc(Cl)ccc1Cl)c1c(F)ccc(Br)c1F. The van der Waals surface area contributed by atoms with Crippen LogP contribution in [0.2, 0.25) is 10.0 Å². The molecule has 106 valence electrons. The second-order valence-corrected chi connectivity index (χ2v) is 5.72. The van der Waals surface area contributed by atoms with Crippen molar-refractivity contribution in [2.75, 3.05) is 0 Å². The van der Waals surface area contributed by atoms with Crippen molar-refractivity contribution in [3.8, 4) is 0 Å². The molecule has 0 saturated heterocycles. The normalized spacial score (nSPS) is 12.5. The van der Waals surface area contributed by atoms with E-state index in [0.717, 1.165) is 6.07 Å². The van der Waals surface area contributed by atoms with Gasteiger partial charge in [-0.25, -0.2) is 14.2 Å². The molecule has 0 spiro atoms. The molecule has 0 saturated carbocycles. The maximum absolute atomic E-state index is 14.2. The molecule has 20 heavy (non-hydrogen) atoms. The van der Waals surface area contributed by atoms with Gasteiger partial charge in [-0.3, -0.25) is 5.84 Å². The third-order valence-corrected chi connectivity index (χ3v) is 4.00. The van der Waals surface area contributed by atoms with E-state index in [2.05, 4.69) is 21.4 Å². The smallest absolute Gasteiger partial charge is 0.145 e. The van der Waals surface area contributed by atoms with Crippen LogP contribution in [0.25, 0.3) is 0 Å². The minimum Gasteiger partial charge on any atom is -0.271 e. The first-order valence-corrected chi connectivity index (χ1v) is 7.05. The van der Waals surface area contributed by atoms with E-state index in [1.807, 2.05) is 0 Å². The lowest BCUT2D eigenvalue weighted by molar-refractivity contribution is 0.507. The van der Waals surface area contributed by atoms with Gasteiger partial charge < -0.3 is 0 Å². The first kappa shape index (κ1) is 15.7. The Hall–Kier alpha value is -0.720. The van der Waals surface area contributed by atoms with Gasteiger partial charge in [-0.05, 0) is 51.8 Å². The minimum absolute atomic E-state index is 0.132. The number of hydrazine groups is 1. The van der Waals surface area contributed by atoms with Crippen molar-refractivity contribution in [2.45, 2.75) is 6.04 Å². The van der Waals surface area contributed by atoms with Crippen molar-refractivity contribution in [2.24, 2.45) is 5.84 Å². The van der Waals surface area contributed by atoms with Crippen molar-refractivity contribution in [3.63, 3.8) is 0 Å². The van der Waals surface area contributed by atoms with E-state index in [1.54, 1.807) is 6.07 Å². The average Bonchev–Trinajstić information content (AvgIpc) is 2.42. The lowest BCUT2D eigenvalue weighted by Crippen LogP contribution is -2.30. The van der Waals surface area contributed by atoms with Gasteiger partial charge in [-0.15, -0.1) is 0 Å². The summed E-state index contributed by atoms with van der Waals surface area (Å²) in [6.45, 7) is 0. The maximum atomic E-state index is 14.2. The molecule has 2 nitrogen and oxygen atoms in total. The van der Waals surface area contributed by atoms with Crippen molar-refractivity contribution in [3.05, 3.63) is 67.6 Å². The van der Waals surface area contributed by atoms with Gasteiger partial charge >= 0.3 is 0 Å². The van der Waals surface area contributed by atoms with E-state index in [0.29, 0.717) is 15.6 Å². The highest BCUT2D eigenvalue weighted by Gasteiger charge is 2.24. The van der Waals surface area contributed by atoms with E-state index in [-0.39, 0.29) is 10.0 Å². The summed E-state index contributed by atoms with van der Waals surface area (Å²) in [5, 5.41) is 0.691. The molecule has 0 aromatic heterocycles. The predicted octanol–water partition coefficient (Wildman–Crippen LogP) is 4.59. The number of hydrogen-bond donors (Lipinski definition) is 2. The van der Waals surface area contributed by atoms with Crippen LogP contribution in [-0.2, 0) is 0 Å². The molecule has 3 N–H and O–H groups in total. The first-order valence-electron chi connectivity index (χ1n) is 5.50. The number of nitrogens with one attached hydrogen (secondary N) is 1. The zero-order chi connectivity index (χ0) is 14.9. The number of halogens is 5. The van der Waals surface area contributed by atoms with Gasteiger partial charge in [0, 0.05) is 15.6 Å². The molecule has 0 amide bonds. The number of nitrogens with two attached hydrogens (primary N) is 1. The second-order valence-electron chi connectivity index (χ2n) is 4.02. The summed E-state index contributed by atoms with van der Waals surface area (Å²) < 4.78 is 28.2. The van der Waals surface area contributed by atoms with Crippen LogP contribution in [0.4, 0.5) is 8.78 Å². The molecule has 0 aliphatic heterocycles. The Morgan fingerprint density at radius 2 is 1.85 bits per heavy atom. The summed E-state index contributed by atoms with van der Waals surface area (Å²) in [4.78, 5) is 0. The lowest BCUT2D eigenvalue weighted by atomic mass is 9.98. The summed E-state index contributed by atoms with van der Waals surface area (Å²) in [6, 6.07) is 6.09. The van der Waals surface area contributed by atoms with Crippen molar-refractivity contribution < 1.29 is 8.78 Å². The third-order valence-electron chi connectivity index (χ3n) is 2.80. The monoisotopic (exact) mass is 380 g/mol. The molecule has 1 unspecified atom stereocenters. The third kappa shape index (κ3) is 2.97. The molecule has 0 fully saturated rings. The second kappa shape index (κ2) is 6.37. The first-order chi connectivity index (χ1) is 9.45. The number of benzene rings is 2. The molecule has 0 bridgehead atoms. The largest absolute Gasteiger partial charge is 0.271 e. The molecule has 1 atom stereocenters.